The lowest BCUT2D eigenvalue weighted by atomic mass is 9.97. The summed E-state index contributed by atoms with van der Waals surface area (Å²) >= 11 is 0. The fourth-order valence-corrected chi connectivity index (χ4v) is 6.37. The second-order valence-corrected chi connectivity index (χ2v) is 13.8. The van der Waals surface area contributed by atoms with Crippen LogP contribution in [-0.2, 0) is 16.4 Å². The molecule has 0 spiro atoms. The molecule has 0 unspecified atom stereocenters. The van der Waals surface area contributed by atoms with Crippen LogP contribution in [0.4, 0.5) is 0 Å². The van der Waals surface area contributed by atoms with Crippen LogP contribution in [0.15, 0.2) is 72.8 Å². The lowest BCUT2D eigenvalue weighted by Gasteiger charge is -2.24. The Morgan fingerprint density at radius 3 is 2.30 bits per heavy atom. The standard InChI is InChI=1S/C34H44N2O6S.ClH/c1-34(2,39)20-22-43(40,41)36-33(38)30-18-17-28(23-32(30)42-29-11-7-4-8-12-29)26-15-13-25(14-16-26)19-21-35-24-31(37)27-9-5-3-6-10-27;/h3,5-6,9-10,13-18,23,29,31,35,37,39H,4,7-8,11-12,19-22,24H2,1-2H3,(H,36,38);1H/t31-;/m1./s1. The van der Waals surface area contributed by atoms with Crippen molar-refractivity contribution in [3.05, 3.63) is 89.5 Å². The third kappa shape index (κ3) is 11.2. The Bertz CT molecular complexity index is 1440. The molecule has 0 aliphatic heterocycles. The summed E-state index contributed by atoms with van der Waals surface area (Å²) in [6, 6.07) is 23.0. The molecule has 0 bridgehead atoms. The quantitative estimate of drug-likeness (QED) is 0.169. The molecule has 0 radical (unpaired) electrons. The number of sulfonamides is 1. The highest BCUT2D eigenvalue weighted by Gasteiger charge is 2.25. The number of aliphatic hydroxyl groups excluding tert-OH is 1. The van der Waals surface area contributed by atoms with Crippen LogP contribution >= 0.6 is 12.4 Å². The van der Waals surface area contributed by atoms with Crippen molar-refractivity contribution in [2.24, 2.45) is 0 Å². The lowest BCUT2D eigenvalue weighted by Crippen LogP contribution is -2.35. The van der Waals surface area contributed by atoms with Gasteiger partial charge in [0.05, 0.1) is 29.1 Å². The maximum Gasteiger partial charge on any atom is 0.268 e. The maximum absolute atomic E-state index is 13.1. The summed E-state index contributed by atoms with van der Waals surface area (Å²) in [5.74, 6) is -0.743. The number of aliphatic hydroxyl groups is 2. The van der Waals surface area contributed by atoms with Gasteiger partial charge in [0.2, 0.25) is 10.0 Å². The van der Waals surface area contributed by atoms with E-state index >= 15 is 0 Å². The smallest absolute Gasteiger partial charge is 0.268 e. The molecule has 8 nitrogen and oxygen atoms in total. The molecule has 4 N–H and O–H groups in total. The van der Waals surface area contributed by atoms with Crippen molar-refractivity contribution in [1.29, 1.82) is 0 Å². The molecule has 1 aliphatic rings. The van der Waals surface area contributed by atoms with E-state index in [0.29, 0.717) is 12.3 Å². The highest BCUT2D eigenvalue weighted by atomic mass is 35.5. The van der Waals surface area contributed by atoms with E-state index in [0.717, 1.165) is 67.3 Å². The Balaban J connectivity index is 0.00000529. The number of nitrogens with one attached hydrogen (secondary N) is 2. The molecule has 240 valence electrons. The molecule has 0 heterocycles. The summed E-state index contributed by atoms with van der Waals surface area (Å²) < 4.78 is 33.6. The van der Waals surface area contributed by atoms with Crippen LogP contribution in [0.25, 0.3) is 11.1 Å². The van der Waals surface area contributed by atoms with Gasteiger partial charge in [-0.1, -0.05) is 67.1 Å². The molecule has 44 heavy (non-hydrogen) atoms. The van der Waals surface area contributed by atoms with Crippen molar-refractivity contribution in [2.75, 3.05) is 18.8 Å². The van der Waals surface area contributed by atoms with Crippen LogP contribution in [0.3, 0.4) is 0 Å². The summed E-state index contributed by atoms with van der Waals surface area (Å²) in [4.78, 5) is 13.1. The summed E-state index contributed by atoms with van der Waals surface area (Å²) in [5, 5.41) is 23.6. The number of ether oxygens (including phenoxy) is 1. The van der Waals surface area contributed by atoms with Crippen LogP contribution in [0.5, 0.6) is 5.75 Å². The van der Waals surface area contributed by atoms with E-state index in [9.17, 15) is 23.4 Å². The third-order valence-corrected chi connectivity index (χ3v) is 8.94. The van der Waals surface area contributed by atoms with Gasteiger partial charge in [-0.2, -0.15) is 0 Å². The molecule has 4 rings (SSSR count). The van der Waals surface area contributed by atoms with Gasteiger partial charge in [-0.3, -0.25) is 4.79 Å². The number of carbonyl (C=O) groups excluding carboxylic acids is 1. The average Bonchev–Trinajstić information content (AvgIpc) is 2.99. The first-order valence-corrected chi connectivity index (χ1v) is 16.8. The van der Waals surface area contributed by atoms with Crippen molar-refractivity contribution in [3.63, 3.8) is 0 Å². The first kappa shape index (κ1) is 35.5. The van der Waals surface area contributed by atoms with Crippen LogP contribution in [-0.4, -0.2) is 55.1 Å². The molecular weight excluding hydrogens is 600 g/mol. The average molecular weight is 645 g/mol. The molecule has 1 saturated carbocycles. The van der Waals surface area contributed by atoms with Crippen LogP contribution in [0, 0.1) is 0 Å². The molecule has 1 fully saturated rings. The summed E-state index contributed by atoms with van der Waals surface area (Å²) in [7, 11) is -3.94. The minimum atomic E-state index is -3.94. The molecule has 1 amide bonds. The first-order valence-electron chi connectivity index (χ1n) is 15.1. The Labute approximate surface area is 267 Å². The highest BCUT2D eigenvalue weighted by molar-refractivity contribution is 7.90. The number of hydrogen-bond donors (Lipinski definition) is 4. The van der Waals surface area contributed by atoms with Crippen LogP contribution in [0.2, 0.25) is 0 Å². The highest BCUT2D eigenvalue weighted by Crippen LogP contribution is 2.31. The van der Waals surface area contributed by atoms with E-state index in [1.54, 1.807) is 12.1 Å². The van der Waals surface area contributed by atoms with Crippen molar-refractivity contribution in [1.82, 2.24) is 10.0 Å². The summed E-state index contributed by atoms with van der Waals surface area (Å²) in [6.45, 7) is 4.26. The van der Waals surface area contributed by atoms with Gasteiger partial charge in [0, 0.05) is 6.54 Å². The molecule has 1 aliphatic carbocycles. The second kappa shape index (κ2) is 16.4. The van der Waals surface area contributed by atoms with Crippen LogP contribution < -0.4 is 14.8 Å². The van der Waals surface area contributed by atoms with Crippen molar-refractivity contribution in [2.45, 2.75) is 76.6 Å². The van der Waals surface area contributed by atoms with Gasteiger partial charge in [-0.05, 0) is 93.3 Å². The van der Waals surface area contributed by atoms with Gasteiger partial charge in [0.1, 0.15) is 5.75 Å². The van der Waals surface area contributed by atoms with E-state index in [-0.39, 0.29) is 36.2 Å². The van der Waals surface area contributed by atoms with E-state index in [1.165, 1.54) is 13.8 Å². The first-order chi connectivity index (χ1) is 20.5. The Kier molecular flexibility index (Phi) is 13.2. The minimum absolute atomic E-state index is 0. The predicted molar refractivity (Wildman–Crippen MR) is 177 cm³/mol. The van der Waals surface area contributed by atoms with Crippen molar-refractivity contribution < 1.29 is 28.2 Å². The number of carbonyl (C=O) groups is 1. The summed E-state index contributed by atoms with van der Waals surface area (Å²) in [6.07, 6.45) is 5.27. The zero-order chi connectivity index (χ0) is 30.9. The minimum Gasteiger partial charge on any atom is -0.490 e. The lowest BCUT2D eigenvalue weighted by molar-refractivity contribution is 0.0769. The molecular formula is C34H45ClN2O6S. The van der Waals surface area contributed by atoms with Gasteiger partial charge >= 0.3 is 0 Å². The monoisotopic (exact) mass is 644 g/mol. The number of amides is 1. The molecule has 0 aromatic heterocycles. The second-order valence-electron chi connectivity index (χ2n) is 12.0. The Morgan fingerprint density at radius 1 is 0.977 bits per heavy atom. The Hall–Kier alpha value is -2.95. The van der Waals surface area contributed by atoms with Crippen molar-refractivity contribution >= 4 is 28.3 Å². The SMILES string of the molecule is CC(C)(O)CCS(=O)(=O)NC(=O)c1ccc(-c2ccc(CCNC[C@@H](O)c3ccccc3)cc2)cc1OC1CCCCC1.Cl. The van der Waals surface area contributed by atoms with Crippen molar-refractivity contribution in [3.8, 4) is 16.9 Å². The number of halogens is 1. The molecule has 0 saturated heterocycles. The normalized spacial score (nSPS) is 14.8. The predicted octanol–water partition coefficient (Wildman–Crippen LogP) is 5.57. The van der Waals surface area contributed by atoms with Gasteiger partial charge in [0.25, 0.3) is 5.91 Å². The molecule has 3 aromatic carbocycles. The van der Waals surface area contributed by atoms with E-state index in [1.807, 2.05) is 48.5 Å². The van der Waals surface area contributed by atoms with Gasteiger partial charge in [-0.15, -0.1) is 12.4 Å². The van der Waals surface area contributed by atoms with Gasteiger partial charge < -0.3 is 20.3 Å². The number of hydrogen-bond acceptors (Lipinski definition) is 7. The zero-order valence-corrected chi connectivity index (χ0v) is 27.1. The van der Waals surface area contributed by atoms with E-state index in [2.05, 4.69) is 22.2 Å². The number of benzene rings is 3. The molecule has 3 aromatic rings. The fourth-order valence-electron chi connectivity index (χ4n) is 5.11. The number of rotatable bonds is 14. The summed E-state index contributed by atoms with van der Waals surface area (Å²) in [5.41, 5.74) is 2.86. The van der Waals surface area contributed by atoms with E-state index < -0.39 is 27.6 Å². The topological polar surface area (TPSA) is 125 Å². The molecule has 1 atom stereocenters. The van der Waals surface area contributed by atoms with E-state index in [4.69, 9.17) is 4.74 Å². The zero-order valence-electron chi connectivity index (χ0n) is 25.5. The third-order valence-electron chi connectivity index (χ3n) is 7.70. The van der Waals surface area contributed by atoms with Crippen LogP contribution in [0.1, 0.15) is 80.0 Å². The maximum atomic E-state index is 13.1. The van der Waals surface area contributed by atoms with Gasteiger partial charge in [-0.25, -0.2) is 13.1 Å². The molecule has 10 heteroatoms. The largest absolute Gasteiger partial charge is 0.490 e. The fraction of sp³-hybridized carbons (Fsp3) is 0.441. The Morgan fingerprint density at radius 2 is 1.64 bits per heavy atom. The van der Waals surface area contributed by atoms with Gasteiger partial charge in [0.15, 0.2) is 0 Å².